The van der Waals surface area contributed by atoms with E-state index in [1.807, 2.05) is 18.2 Å². The molecular formula is C29H38FN5O4. The topological polar surface area (TPSA) is 106 Å². The number of nitrogens with zero attached hydrogens (tertiary/aromatic N) is 4. The lowest BCUT2D eigenvalue weighted by atomic mass is 9.83. The minimum atomic E-state index is -1.20. The molecule has 10 heteroatoms. The first-order chi connectivity index (χ1) is 18.7. The first-order valence-electron chi connectivity index (χ1n) is 13.7. The van der Waals surface area contributed by atoms with Crippen LogP contribution in [0.25, 0.3) is 0 Å². The van der Waals surface area contributed by atoms with E-state index in [0.717, 1.165) is 49.8 Å². The molecule has 1 aliphatic heterocycles. The number of hydrogen-bond acceptors (Lipinski definition) is 5. The summed E-state index contributed by atoms with van der Waals surface area (Å²) >= 11 is 0. The number of pyridine rings is 1. The molecule has 9 nitrogen and oxygen atoms in total. The largest absolute Gasteiger partial charge is 0.465 e. The Bertz CT molecular complexity index is 1190. The SMILES string of the molecule is C[C@@H](C(=O)N[C@H](C(=O)N1CCC[C@H]1c1cccc(N(C)c2ccccc2F)n1)C1CCCCC1)N(C)C(=O)O. The van der Waals surface area contributed by atoms with Crippen molar-refractivity contribution in [1.29, 1.82) is 0 Å². The highest BCUT2D eigenvalue weighted by Crippen LogP contribution is 2.35. The van der Waals surface area contributed by atoms with Gasteiger partial charge in [0.25, 0.3) is 0 Å². The van der Waals surface area contributed by atoms with Crippen LogP contribution in [-0.4, -0.2) is 70.5 Å². The smallest absolute Gasteiger partial charge is 0.407 e. The number of rotatable bonds is 8. The van der Waals surface area contributed by atoms with Crippen molar-refractivity contribution < 1.29 is 23.9 Å². The molecule has 210 valence electrons. The minimum absolute atomic E-state index is 0.00901. The molecule has 0 unspecified atom stereocenters. The molecule has 1 saturated carbocycles. The van der Waals surface area contributed by atoms with E-state index in [9.17, 15) is 23.9 Å². The van der Waals surface area contributed by atoms with Gasteiger partial charge in [-0.05, 0) is 62.8 Å². The number of likely N-dealkylation sites (tertiary alicyclic amines) is 1. The molecule has 1 saturated heterocycles. The zero-order valence-corrected chi connectivity index (χ0v) is 22.8. The maximum atomic E-state index is 14.4. The lowest BCUT2D eigenvalue weighted by Gasteiger charge is -2.36. The summed E-state index contributed by atoms with van der Waals surface area (Å²) in [4.78, 5) is 47.8. The van der Waals surface area contributed by atoms with E-state index in [2.05, 4.69) is 5.32 Å². The number of aromatic nitrogens is 1. The maximum absolute atomic E-state index is 14.4. The summed E-state index contributed by atoms with van der Waals surface area (Å²) < 4.78 is 14.4. The van der Waals surface area contributed by atoms with E-state index in [4.69, 9.17) is 4.98 Å². The average molecular weight is 540 g/mol. The van der Waals surface area contributed by atoms with Gasteiger partial charge in [0.2, 0.25) is 11.8 Å². The van der Waals surface area contributed by atoms with Crippen molar-refractivity contribution in [2.24, 2.45) is 5.92 Å². The van der Waals surface area contributed by atoms with E-state index in [-0.39, 0.29) is 23.7 Å². The second-order valence-electron chi connectivity index (χ2n) is 10.6. The quantitative estimate of drug-likeness (QED) is 0.503. The molecule has 1 aromatic heterocycles. The van der Waals surface area contributed by atoms with Crippen molar-refractivity contribution in [2.75, 3.05) is 25.5 Å². The molecule has 2 N–H and O–H groups in total. The summed E-state index contributed by atoms with van der Waals surface area (Å²) in [5.74, 6) is -0.424. The van der Waals surface area contributed by atoms with E-state index < -0.39 is 24.1 Å². The molecule has 1 aromatic carbocycles. The van der Waals surface area contributed by atoms with Crippen LogP contribution < -0.4 is 10.2 Å². The highest BCUT2D eigenvalue weighted by molar-refractivity contribution is 5.91. The van der Waals surface area contributed by atoms with Crippen LogP contribution in [0.5, 0.6) is 0 Å². The standard InChI is InChI=1S/C29H38FN5O4/c1-19(33(2)29(38)39)27(36)32-26(20-11-5-4-6-12-20)28(37)35-18-10-16-24(35)22-14-9-17-25(31-22)34(3)23-15-8-7-13-21(23)30/h7-9,13-15,17,19-20,24,26H,4-6,10-12,16,18H2,1-3H3,(H,32,36)(H,38,39)/t19-,24-,26-/m0/s1. The number of likely N-dealkylation sites (N-methyl/N-ethyl adjacent to an activating group) is 1. The van der Waals surface area contributed by atoms with Crippen molar-refractivity contribution in [1.82, 2.24) is 20.1 Å². The van der Waals surface area contributed by atoms with Crippen molar-refractivity contribution in [3.8, 4) is 0 Å². The van der Waals surface area contributed by atoms with Crippen molar-refractivity contribution in [3.05, 3.63) is 54.0 Å². The van der Waals surface area contributed by atoms with Crippen LogP contribution in [0.15, 0.2) is 42.5 Å². The predicted molar refractivity (Wildman–Crippen MR) is 146 cm³/mol. The number of carbonyl (C=O) groups is 3. The molecule has 2 fully saturated rings. The Labute approximate surface area is 229 Å². The number of hydrogen-bond donors (Lipinski definition) is 2. The van der Waals surface area contributed by atoms with Gasteiger partial charge in [0.1, 0.15) is 23.7 Å². The number of nitrogens with one attached hydrogen (secondary N) is 1. The van der Waals surface area contributed by atoms with Gasteiger partial charge in [-0.1, -0.05) is 37.5 Å². The van der Waals surface area contributed by atoms with Gasteiger partial charge in [-0.25, -0.2) is 14.2 Å². The normalized spacial score (nSPS) is 19.3. The highest BCUT2D eigenvalue weighted by Gasteiger charge is 2.40. The molecule has 0 bridgehead atoms. The average Bonchev–Trinajstić information content (AvgIpc) is 3.45. The van der Waals surface area contributed by atoms with Crippen LogP contribution in [0.2, 0.25) is 0 Å². The molecule has 0 spiro atoms. The van der Waals surface area contributed by atoms with Crippen LogP contribution in [0.3, 0.4) is 0 Å². The van der Waals surface area contributed by atoms with Crippen LogP contribution >= 0.6 is 0 Å². The molecule has 1 aliphatic carbocycles. The summed E-state index contributed by atoms with van der Waals surface area (Å²) in [6, 6.07) is 10.1. The number of carboxylic acid groups (broad SMARTS) is 1. The third kappa shape index (κ3) is 6.32. The zero-order chi connectivity index (χ0) is 28.1. The molecule has 2 aliphatic rings. The van der Waals surface area contributed by atoms with E-state index in [0.29, 0.717) is 23.7 Å². The Balaban J connectivity index is 1.57. The zero-order valence-electron chi connectivity index (χ0n) is 22.8. The Hall–Kier alpha value is -3.69. The van der Waals surface area contributed by atoms with Crippen molar-refractivity contribution in [2.45, 2.75) is 70.0 Å². The first kappa shape index (κ1) is 28.3. The van der Waals surface area contributed by atoms with Gasteiger partial charge in [-0.15, -0.1) is 0 Å². The van der Waals surface area contributed by atoms with Gasteiger partial charge < -0.3 is 20.2 Å². The second kappa shape index (κ2) is 12.4. The van der Waals surface area contributed by atoms with Gasteiger partial charge in [0.05, 0.1) is 17.4 Å². The summed E-state index contributed by atoms with van der Waals surface area (Å²) in [6.07, 6.45) is 5.07. The molecule has 39 heavy (non-hydrogen) atoms. The molecule has 3 amide bonds. The fraction of sp³-hybridized carbons (Fsp3) is 0.517. The van der Waals surface area contributed by atoms with E-state index in [1.54, 1.807) is 35.0 Å². The predicted octanol–water partition coefficient (Wildman–Crippen LogP) is 4.72. The summed E-state index contributed by atoms with van der Waals surface area (Å²) in [7, 11) is 3.10. The van der Waals surface area contributed by atoms with Crippen LogP contribution in [0.1, 0.15) is 63.6 Å². The van der Waals surface area contributed by atoms with E-state index in [1.165, 1.54) is 20.0 Å². The van der Waals surface area contributed by atoms with Gasteiger partial charge >= 0.3 is 6.09 Å². The fourth-order valence-electron chi connectivity index (χ4n) is 5.64. The summed E-state index contributed by atoms with van der Waals surface area (Å²) in [5, 5.41) is 12.2. The molecule has 2 heterocycles. The van der Waals surface area contributed by atoms with Crippen LogP contribution in [0, 0.1) is 11.7 Å². The lowest BCUT2D eigenvalue weighted by molar-refractivity contribution is -0.140. The Morgan fingerprint density at radius 3 is 2.44 bits per heavy atom. The Morgan fingerprint density at radius 2 is 1.74 bits per heavy atom. The number of halogens is 1. The number of benzene rings is 1. The van der Waals surface area contributed by atoms with Crippen LogP contribution in [-0.2, 0) is 9.59 Å². The molecule has 4 rings (SSSR count). The van der Waals surface area contributed by atoms with Gasteiger partial charge in [0, 0.05) is 20.6 Å². The van der Waals surface area contributed by atoms with Gasteiger partial charge in [-0.3, -0.25) is 14.5 Å². The third-order valence-electron chi connectivity index (χ3n) is 8.14. The minimum Gasteiger partial charge on any atom is -0.465 e. The molecule has 3 atom stereocenters. The lowest BCUT2D eigenvalue weighted by Crippen LogP contribution is -2.56. The third-order valence-corrected chi connectivity index (χ3v) is 8.14. The number of anilines is 2. The van der Waals surface area contributed by atoms with Gasteiger partial charge in [0.15, 0.2) is 0 Å². The number of amides is 3. The van der Waals surface area contributed by atoms with E-state index >= 15 is 0 Å². The number of para-hydroxylation sites is 1. The fourth-order valence-corrected chi connectivity index (χ4v) is 5.64. The Kier molecular flexibility index (Phi) is 9.04. The summed E-state index contributed by atoms with van der Waals surface area (Å²) in [6.45, 7) is 2.06. The molecule has 0 radical (unpaired) electrons. The molecule has 2 aromatic rings. The van der Waals surface area contributed by atoms with Crippen LogP contribution in [0.4, 0.5) is 20.7 Å². The monoisotopic (exact) mass is 539 g/mol. The van der Waals surface area contributed by atoms with Crippen molar-refractivity contribution >= 4 is 29.4 Å². The molecular weight excluding hydrogens is 501 g/mol. The second-order valence-corrected chi connectivity index (χ2v) is 10.6. The first-order valence-corrected chi connectivity index (χ1v) is 13.7. The Morgan fingerprint density at radius 1 is 1.03 bits per heavy atom. The highest BCUT2D eigenvalue weighted by atomic mass is 19.1. The van der Waals surface area contributed by atoms with Gasteiger partial charge in [-0.2, -0.15) is 0 Å². The summed E-state index contributed by atoms with van der Waals surface area (Å²) in [5.41, 5.74) is 1.12. The maximum Gasteiger partial charge on any atom is 0.407 e. The van der Waals surface area contributed by atoms with Crippen molar-refractivity contribution in [3.63, 3.8) is 0 Å². The number of carbonyl (C=O) groups excluding carboxylic acids is 2.